The maximum Gasteiger partial charge on any atom is 0.417 e. The number of aryl methyl sites for hydroxylation is 1. The molecule has 0 bridgehead atoms. The lowest BCUT2D eigenvalue weighted by atomic mass is 10.2. The number of amides is 1. The molecule has 0 aromatic carbocycles. The van der Waals surface area contributed by atoms with Crippen LogP contribution in [0.2, 0.25) is 0 Å². The fourth-order valence-corrected chi connectivity index (χ4v) is 2.17. The van der Waals surface area contributed by atoms with Crippen molar-refractivity contribution in [2.45, 2.75) is 26.6 Å². The smallest absolute Gasteiger partial charge is 0.327 e. The molecular formula is C13H12F3N5O4. The number of hydrogen-bond donors (Lipinski definition) is 2. The zero-order valence-electron chi connectivity index (χ0n) is 13.0. The Morgan fingerprint density at radius 3 is 2.60 bits per heavy atom. The number of rotatable bonds is 4. The first kappa shape index (κ1) is 18.2. The minimum atomic E-state index is -4.69. The van der Waals surface area contributed by atoms with Gasteiger partial charge in [0.15, 0.2) is 0 Å². The molecule has 25 heavy (non-hydrogen) atoms. The van der Waals surface area contributed by atoms with Crippen LogP contribution < -0.4 is 10.9 Å². The summed E-state index contributed by atoms with van der Waals surface area (Å²) in [6.45, 7) is 2.26. The van der Waals surface area contributed by atoms with Crippen molar-refractivity contribution in [2.24, 2.45) is 0 Å². The van der Waals surface area contributed by atoms with E-state index in [1.807, 2.05) is 10.3 Å². The summed E-state index contributed by atoms with van der Waals surface area (Å²) < 4.78 is 39.0. The fourth-order valence-electron chi connectivity index (χ4n) is 2.17. The highest BCUT2D eigenvalue weighted by molar-refractivity contribution is 5.90. The number of nitro groups is 1. The summed E-state index contributed by atoms with van der Waals surface area (Å²) in [5.41, 5.74) is -2.70. The van der Waals surface area contributed by atoms with Crippen molar-refractivity contribution in [3.8, 4) is 0 Å². The van der Waals surface area contributed by atoms with Crippen molar-refractivity contribution < 1.29 is 22.9 Å². The maximum atomic E-state index is 12.6. The molecule has 2 aromatic heterocycles. The molecule has 0 unspecified atom stereocenters. The summed E-state index contributed by atoms with van der Waals surface area (Å²) in [6, 6.07) is 0.500. The fraction of sp³-hybridized carbons (Fsp3) is 0.308. The van der Waals surface area contributed by atoms with E-state index >= 15 is 0 Å². The number of nitrogens with zero attached hydrogens (tertiary/aromatic N) is 3. The van der Waals surface area contributed by atoms with Crippen molar-refractivity contribution in [1.29, 1.82) is 0 Å². The molecule has 0 fully saturated rings. The molecule has 0 saturated heterocycles. The van der Waals surface area contributed by atoms with Crippen LogP contribution in [0.3, 0.4) is 0 Å². The van der Waals surface area contributed by atoms with E-state index < -0.39 is 40.4 Å². The number of carbonyl (C=O) groups is 1. The number of aromatic nitrogens is 3. The number of nitrogens with one attached hydrogen (secondary N) is 2. The van der Waals surface area contributed by atoms with Gasteiger partial charge in [0.05, 0.1) is 10.5 Å². The van der Waals surface area contributed by atoms with Crippen molar-refractivity contribution in [3.05, 3.63) is 49.7 Å². The number of hydrogen-bond acceptors (Lipinski definition) is 5. The van der Waals surface area contributed by atoms with E-state index in [9.17, 15) is 32.9 Å². The number of anilines is 1. The van der Waals surface area contributed by atoms with E-state index in [4.69, 9.17) is 0 Å². The minimum absolute atomic E-state index is 0.0900. The van der Waals surface area contributed by atoms with E-state index in [-0.39, 0.29) is 17.1 Å². The molecular weight excluding hydrogens is 347 g/mol. The summed E-state index contributed by atoms with van der Waals surface area (Å²) in [4.78, 5) is 35.7. The third kappa shape index (κ3) is 3.84. The highest BCUT2D eigenvalue weighted by atomic mass is 19.4. The predicted molar refractivity (Wildman–Crippen MR) is 79.0 cm³/mol. The summed E-state index contributed by atoms with van der Waals surface area (Å²) in [7, 11) is 0. The van der Waals surface area contributed by atoms with Crippen molar-refractivity contribution >= 4 is 17.3 Å². The monoisotopic (exact) mass is 359 g/mol. The largest absolute Gasteiger partial charge is 0.417 e. The first-order valence-corrected chi connectivity index (χ1v) is 6.79. The molecule has 0 atom stereocenters. The quantitative estimate of drug-likeness (QED) is 0.636. The second-order valence-electron chi connectivity index (χ2n) is 5.11. The molecule has 2 N–H and O–H groups in total. The number of pyridine rings is 1. The van der Waals surface area contributed by atoms with Gasteiger partial charge in [-0.05, 0) is 19.9 Å². The first-order chi connectivity index (χ1) is 11.5. The van der Waals surface area contributed by atoms with E-state index in [1.165, 1.54) is 13.8 Å². The van der Waals surface area contributed by atoms with Gasteiger partial charge in [-0.2, -0.15) is 18.3 Å². The van der Waals surface area contributed by atoms with Crippen LogP contribution in [-0.4, -0.2) is 25.6 Å². The molecule has 2 heterocycles. The summed E-state index contributed by atoms with van der Waals surface area (Å²) in [5.74, 6) is -0.856. The summed E-state index contributed by atoms with van der Waals surface area (Å²) in [5, 5.41) is 16.8. The highest BCUT2D eigenvalue weighted by Gasteiger charge is 2.31. The lowest BCUT2D eigenvalue weighted by Crippen LogP contribution is -2.25. The van der Waals surface area contributed by atoms with Gasteiger partial charge in [0.25, 0.3) is 5.56 Å². The molecule has 9 nitrogen and oxygen atoms in total. The van der Waals surface area contributed by atoms with Gasteiger partial charge in [-0.3, -0.25) is 24.4 Å². The van der Waals surface area contributed by atoms with Crippen molar-refractivity contribution in [1.82, 2.24) is 14.8 Å². The van der Waals surface area contributed by atoms with Crippen LogP contribution in [0.5, 0.6) is 0 Å². The van der Waals surface area contributed by atoms with E-state index in [1.54, 1.807) is 0 Å². The van der Waals surface area contributed by atoms with Gasteiger partial charge in [0, 0.05) is 6.20 Å². The Balaban J connectivity index is 2.23. The maximum absolute atomic E-state index is 12.6. The van der Waals surface area contributed by atoms with Crippen LogP contribution in [0.15, 0.2) is 17.1 Å². The lowest BCUT2D eigenvalue weighted by molar-refractivity contribution is -0.386. The van der Waals surface area contributed by atoms with Gasteiger partial charge < -0.3 is 10.3 Å². The molecule has 0 aliphatic heterocycles. The molecule has 0 radical (unpaired) electrons. The van der Waals surface area contributed by atoms with Crippen LogP contribution in [0.25, 0.3) is 0 Å². The third-order valence-corrected chi connectivity index (χ3v) is 3.32. The number of H-pyrrole nitrogens is 1. The predicted octanol–water partition coefficient (Wildman–Crippen LogP) is 1.75. The van der Waals surface area contributed by atoms with Gasteiger partial charge in [0.1, 0.15) is 23.6 Å². The van der Waals surface area contributed by atoms with Gasteiger partial charge >= 0.3 is 11.9 Å². The molecule has 2 aromatic rings. The Labute approximate surface area is 137 Å². The topological polar surface area (TPSA) is 123 Å². The average Bonchev–Trinajstić information content (AvgIpc) is 2.74. The summed E-state index contributed by atoms with van der Waals surface area (Å²) in [6.07, 6.45) is -4.21. The third-order valence-electron chi connectivity index (χ3n) is 3.32. The molecule has 0 spiro atoms. The van der Waals surface area contributed by atoms with Crippen molar-refractivity contribution in [3.63, 3.8) is 0 Å². The second kappa shape index (κ2) is 6.37. The molecule has 2 rings (SSSR count). The number of aromatic amines is 1. The minimum Gasteiger partial charge on any atom is -0.327 e. The zero-order valence-corrected chi connectivity index (χ0v) is 13.0. The van der Waals surface area contributed by atoms with Crippen LogP contribution in [0.4, 0.5) is 24.5 Å². The molecule has 12 heteroatoms. The lowest BCUT2D eigenvalue weighted by Gasteiger charge is -2.09. The molecule has 1 amide bonds. The van der Waals surface area contributed by atoms with Gasteiger partial charge in [-0.1, -0.05) is 0 Å². The Hall–Kier alpha value is -3.18. The Morgan fingerprint density at radius 2 is 2.08 bits per heavy atom. The van der Waals surface area contributed by atoms with Crippen LogP contribution in [0.1, 0.15) is 17.0 Å². The normalized spacial score (nSPS) is 11.4. The Morgan fingerprint density at radius 1 is 1.44 bits per heavy atom. The Kier molecular flexibility index (Phi) is 4.63. The second-order valence-corrected chi connectivity index (χ2v) is 5.11. The van der Waals surface area contributed by atoms with E-state index in [0.717, 1.165) is 4.68 Å². The molecule has 0 aliphatic carbocycles. The van der Waals surface area contributed by atoms with Crippen LogP contribution in [0, 0.1) is 24.0 Å². The molecule has 0 saturated carbocycles. The van der Waals surface area contributed by atoms with Crippen LogP contribution >= 0.6 is 0 Å². The molecule has 134 valence electrons. The summed E-state index contributed by atoms with van der Waals surface area (Å²) >= 11 is 0. The Bertz CT molecular complexity index is 900. The van der Waals surface area contributed by atoms with E-state index in [0.29, 0.717) is 12.3 Å². The van der Waals surface area contributed by atoms with Crippen LogP contribution in [-0.2, 0) is 17.5 Å². The number of alkyl halides is 3. The first-order valence-electron chi connectivity index (χ1n) is 6.79. The zero-order chi connectivity index (χ0) is 18.9. The van der Waals surface area contributed by atoms with Gasteiger partial charge in [-0.25, -0.2) is 0 Å². The number of halogens is 3. The highest BCUT2D eigenvalue weighted by Crippen LogP contribution is 2.29. The average molecular weight is 359 g/mol. The standard InChI is InChI=1S/C13H12F3N5O4/c1-6-11(21(24)25)7(2)20(19-6)5-10(22)18-9-3-8(13(14,15)16)4-17-12(9)23/h3-4H,5H2,1-2H3,(H,17,23)(H,18,22). The van der Waals surface area contributed by atoms with E-state index in [2.05, 4.69) is 5.10 Å². The number of carbonyl (C=O) groups excluding carboxylic acids is 1. The van der Waals surface area contributed by atoms with Crippen molar-refractivity contribution in [2.75, 3.05) is 5.32 Å². The molecule has 0 aliphatic rings. The SMILES string of the molecule is Cc1nn(CC(=O)Nc2cc(C(F)(F)F)c[nH]c2=O)c(C)c1[N+](=O)[O-]. The van der Waals surface area contributed by atoms with Gasteiger partial charge in [-0.15, -0.1) is 0 Å². The van der Waals surface area contributed by atoms with Gasteiger partial charge in [0.2, 0.25) is 5.91 Å².